The Balaban J connectivity index is 1.81. The van der Waals surface area contributed by atoms with E-state index in [1.807, 2.05) is 31.2 Å². The Kier molecular flexibility index (Phi) is 4.80. The molecule has 1 atom stereocenters. The molecule has 0 aromatic heterocycles. The summed E-state index contributed by atoms with van der Waals surface area (Å²) in [6, 6.07) is 7.99. The Hall–Kier alpha value is -1.55. The van der Waals surface area contributed by atoms with Gasteiger partial charge < -0.3 is 15.4 Å². The lowest BCUT2D eigenvalue weighted by Crippen LogP contribution is -2.52. The zero-order valence-corrected chi connectivity index (χ0v) is 11.6. The largest absolute Gasteiger partial charge is 0.489 e. The third-order valence-corrected chi connectivity index (χ3v) is 3.40. The third-order valence-electron chi connectivity index (χ3n) is 3.40. The van der Waals surface area contributed by atoms with Gasteiger partial charge in [0.2, 0.25) is 5.91 Å². The van der Waals surface area contributed by atoms with Gasteiger partial charge in [-0.2, -0.15) is 0 Å². The number of ether oxygens (including phenoxy) is 1. The van der Waals surface area contributed by atoms with Crippen LogP contribution in [0.2, 0.25) is 0 Å². The van der Waals surface area contributed by atoms with E-state index in [0.717, 1.165) is 25.3 Å². The van der Waals surface area contributed by atoms with Gasteiger partial charge in [-0.15, -0.1) is 0 Å². The summed E-state index contributed by atoms with van der Waals surface area (Å²) in [5, 5.41) is 6.06. The van der Waals surface area contributed by atoms with Crippen molar-refractivity contribution < 1.29 is 9.53 Å². The summed E-state index contributed by atoms with van der Waals surface area (Å²) in [4.78, 5) is 11.7. The molecule has 4 nitrogen and oxygen atoms in total. The minimum atomic E-state index is 0.0267. The van der Waals surface area contributed by atoms with Crippen LogP contribution < -0.4 is 15.4 Å². The first-order valence-corrected chi connectivity index (χ1v) is 6.90. The standard InChI is InChI=1S/C15H22N2O2/c1-3-13(10-17-15(18)12-8-16-9-12)19-14-6-4-5-11(2)7-14/h4-7,12-13,16H,3,8-10H2,1-2H3,(H,17,18). The number of nitrogens with one attached hydrogen (secondary N) is 2. The first-order valence-electron chi connectivity index (χ1n) is 6.90. The monoisotopic (exact) mass is 262 g/mol. The lowest BCUT2D eigenvalue weighted by molar-refractivity contribution is -0.126. The molecule has 104 valence electrons. The summed E-state index contributed by atoms with van der Waals surface area (Å²) < 4.78 is 5.90. The fraction of sp³-hybridized carbons (Fsp3) is 0.533. The van der Waals surface area contributed by atoms with Crippen molar-refractivity contribution in [2.24, 2.45) is 5.92 Å². The highest BCUT2D eigenvalue weighted by atomic mass is 16.5. The molecular weight excluding hydrogens is 240 g/mol. The Morgan fingerprint density at radius 2 is 2.32 bits per heavy atom. The molecule has 1 aromatic carbocycles. The summed E-state index contributed by atoms with van der Waals surface area (Å²) in [6.07, 6.45) is 0.899. The third kappa shape index (κ3) is 3.96. The number of rotatable bonds is 6. The van der Waals surface area contributed by atoms with E-state index in [0.29, 0.717) is 6.54 Å². The molecule has 0 aliphatic carbocycles. The van der Waals surface area contributed by atoms with Crippen LogP contribution in [-0.4, -0.2) is 31.6 Å². The smallest absolute Gasteiger partial charge is 0.225 e. The van der Waals surface area contributed by atoms with Gasteiger partial charge in [0, 0.05) is 13.1 Å². The van der Waals surface area contributed by atoms with Crippen LogP contribution in [0.25, 0.3) is 0 Å². The normalized spacial score (nSPS) is 16.5. The molecule has 0 spiro atoms. The lowest BCUT2D eigenvalue weighted by atomic mass is 10.0. The highest BCUT2D eigenvalue weighted by molar-refractivity contribution is 5.80. The van der Waals surface area contributed by atoms with Gasteiger partial charge in [0.15, 0.2) is 0 Å². The van der Waals surface area contributed by atoms with E-state index in [4.69, 9.17) is 4.74 Å². The van der Waals surface area contributed by atoms with Crippen molar-refractivity contribution in [1.82, 2.24) is 10.6 Å². The summed E-state index contributed by atoms with van der Waals surface area (Å²) in [5.41, 5.74) is 1.18. The average Bonchev–Trinajstić information content (AvgIpc) is 2.32. The maximum Gasteiger partial charge on any atom is 0.225 e. The van der Waals surface area contributed by atoms with Crippen molar-refractivity contribution in [3.63, 3.8) is 0 Å². The van der Waals surface area contributed by atoms with E-state index in [9.17, 15) is 4.79 Å². The molecular formula is C15H22N2O2. The van der Waals surface area contributed by atoms with Crippen LogP contribution in [0, 0.1) is 12.8 Å². The molecule has 0 saturated carbocycles. The summed E-state index contributed by atoms with van der Waals surface area (Å²) in [5.74, 6) is 1.13. The highest BCUT2D eigenvalue weighted by Crippen LogP contribution is 2.15. The zero-order valence-electron chi connectivity index (χ0n) is 11.6. The first kappa shape index (κ1) is 13.9. The molecule has 4 heteroatoms. The molecule has 1 saturated heterocycles. The quantitative estimate of drug-likeness (QED) is 0.816. The minimum Gasteiger partial charge on any atom is -0.489 e. The molecule has 0 radical (unpaired) electrons. The number of benzene rings is 1. The molecule has 1 fully saturated rings. The van der Waals surface area contributed by atoms with Crippen LogP contribution in [0.5, 0.6) is 5.75 Å². The number of hydrogen-bond donors (Lipinski definition) is 2. The van der Waals surface area contributed by atoms with Gasteiger partial charge in [0.25, 0.3) is 0 Å². The highest BCUT2D eigenvalue weighted by Gasteiger charge is 2.25. The Morgan fingerprint density at radius 3 is 2.89 bits per heavy atom. The van der Waals surface area contributed by atoms with Crippen LogP contribution in [0.3, 0.4) is 0 Å². The second-order valence-electron chi connectivity index (χ2n) is 5.06. The molecule has 1 aliphatic heterocycles. The fourth-order valence-electron chi connectivity index (χ4n) is 1.98. The maximum absolute atomic E-state index is 11.7. The molecule has 1 aromatic rings. The lowest BCUT2D eigenvalue weighted by Gasteiger charge is -2.27. The topological polar surface area (TPSA) is 50.4 Å². The molecule has 19 heavy (non-hydrogen) atoms. The number of aryl methyl sites for hydroxylation is 1. The fourth-order valence-corrected chi connectivity index (χ4v) is 1.98. The van der Waals surface area contributed by atoms with Crippen molar-refractivity contribution in [1.29, 1.82) is 0 Å². The Bertz CT molecular complexity index is 430. The maximum atomic E-state index is 11.7. The molecule has 0 bridgehead atoms. The summed E-state index contributed by atoms with van der Waals surface area (Å²) in [7, 11) is 0. The van der Waals surface area contributed by atoms with Gasteiger partial charge in [-0.25, -0.2) is 0 Å². The van der Waals surface area contributed by atoms with E-state index < -0.39 is 0 Å². The van der Waals surface area contributed by atoms with E-state index in [1.54, 1.807) is 0 Å². The van der Waals surface area contributed by atoms with E-state index in [2.05, 4.69) is 17.6 Å². The van der Waals surface area contributed by atoms with Crippen LogP contribution in [0.4, 0.5) is 0 Å². The summed E-state index contributed by atoms with van der Waals surface area (Å²) in [6.45, 7) is 6.26. The van der Waals surface area contributed by atoms with Gasteiger partial charge in [-0.1, -0.05) is 19.1 Å². The number of carbonyl (C=O) groups is 1. The SMILES string of the molecule is CCC(CNC(=O)C1CNC1)Oc1cccc(C)c1. The second kappa shape index (κ2) is 6.57. The van der Waals surface area contributed by atoms with E-state index in [-0.39, 0.29) is 17.9 Å². The summed E-state index contributed by atoms with van der Waals surface area (Å²) >= 11 is 0. The van der Waals surface area contributed by atoms with Crippen LogP contribution in [-0.2, 0) is 4.79 Å². The molecule has 2 rings (SSSR count). The van der Waals surface area contributed by atoms with Gasteiger partial charge in [-0.05, 0) is 31.0 Å². The molecule has 1 aliphatic rings. The van der Waals surface area contributed by atoms with E-state index in [1.165, 1.54) is 5.56 Å². The minimum absolute atomic E-state index is 0.0267. The van der Waals surface area contributed by atoms with Crippen LogP contribution in [0.1, 0.15) is 18.9 Å². The molecule has 1 heterocycles. The number of carbonyl (C=O) groups excluding carboxylic acids is 1. The predicted octanol–water partition coefficient (Wildman–Crippen LogP) is 1.49. The van der Waals surface area contributed by atoms with E-state index >= 15 is 0 Å². The number of hydrogen-bond acceptors (Lipinski definition) is 3. The van der Waals surface area contributed by atoms with Crippen molar-refractivity contribution in [3.05, 3.63) is 29.8 Å². The van der Waals surface area contributed by atoms with Crippen molar-refractivity contribution in [2.45, 2.75) is 26.4 Å². The predicted molar refractivity (Wildman–Crippen MR) is 75.3 cm³/mol. The van der Waals surface area contributed by atoms with Gasteiger partial charge in [0.1, 0.15) is 11.9 Å². The zero-order chi connectivity index (χ0) is 13.7. The molecule has 1 amide bonds. The van der Waals surface area contributed by atoms with Crippen molar-refractivity contribution >= 4 is 5.91 Å². The van der Waals surface area contributed by atoms with Crippen LogP contribution >= 0.6 is 0 Å². The van der Waals surface area contributed by atoms with Crippen molar-refractivity contribution in [2.75, 3.05) is 19.6 Å². The molecule has 2 N–H and O–H groups in total. The van der Waals surface area contributed by atoms with Crippen molar-refractivity contribution in [3.8, 4) is 5.75 Å². The molecule has 1 unspecified atom stereocenters. The Morgan fingerprint density at radius 1 is 1.53 bits per heavy atom. The van der Waals surface area contributed by atoms with Crippen LogP contribution in [0.15, 0.2) is 24.3 Å². The van der Waals surface area contributed by atoms with Gasteiger partial charge >= 0.3 is 0 Å². The number of amides is 1. The van der Waals surface area contributed by atoms with Gasteiger partial charge in [-0.3, -0.25) is 4.79 Å². The average molecular weight is 262 g/mol. The Labute approximate surface area is 114 Å². The second-order valence-corrected chi connectivity index (χ2v) is 5.06. The first-order chi connectivity index (χ1) is 9.19. The van der Waals surface area contributed by atoms with Gasteiger partial charge in [0.05, 0.1) is 12.5 Å².